The summed E-state index contributed by atoms with van der Waals surface area (Å²) in [6.45, 7) is 2.61. The van der Waals surface area contributed by atoms with E-state index < -0.39 is 5.82 Å². The molecule has 9 heteroatoms. The van der Waals surface area contributed by atoms with E-state index in [0.29, 0.717) is 18.2 Å². The summed E-state index contributed by atoms with van der Waals surface area (Å²) in [5.74, 6) is -0.422. The van der Waals surface area contributed by atoms with E-state index in [9.17, 15) is 9.18 Å². The number of thioether (sulfide) groups is 1. The molecule has 3 heterocycles. The minimum absolute atomic E-state index is 0.121. The van der Waals surface area contributed by atoms with Gasteiger partial charge in [-0.1, -0.05) is 41.4 Å². The largest absolute Gasteiger partial charge is 0.333 e. The van der Waals surface area contributed by atoms with Gasteiger partial charge in [-0.2, -0.15) is 0 Å². The highest BCUT2D eigenvalue weighted by Gasteiger charge is 2.26. The third-order valence-electron chi connectivity index (χ3n) is 6.49. The molecule has 0 radical (unpaired) electrons. The summed E-state index contributed by atoms with van der Waals surface area (Å²) in [6, 6.07) is 14.5. The molecular formula is C28H25Cl2FN4OS. The van der Waals surface area contributed by atoms with Crippen LogP contribution in [-0.4, -0.2) is 39.8 Å². The van der Waals surface area contributed by atoms with Crippen molar-refractivity contribution >= 4 is 58.0 Å². The lowest BCUT2D eigenvalue weighted by molar-refractivity contribution is 0.240. The Balaban J connectivity index is 1.38. The van der Waals surface area contributed by atoms with Gasteiger partial charge < -0.3 is 5.32 Å². The molecule has 0 fully saturated rings. The average molecular weight is 556 g/mol. The maximum Gasteiger partial charge on any atom is 0.326 e. The van der Waals surface area contributed by atoms with Crippen molar-refractivity contribution < 1.29 is 9.18 Å². The Morgan fingerprint density at radius 2 is 2.05 bits per heavy atom. The summed E-state index contributed by atoms with van der Waals surface area (Å²) in [6.07, 6.45) is 8.37. The number of hydrogen-bond acceptors (Lipinski definition) is 4. The maximum absolute atomic E-state index is 13.8. The molecule has 1 aliphatic rings. The molecule has 1 aliphatic heterocycles. The lowest BCUT2D eigenvalue weighted by Gasteiger charge is -2.27. The number of hydrogen-bond donors (Lipinski definition) is 1. The second-order valence-electron chi connectivity index (χ2n) is 8.85. The second kappa shape index (κ2) is 11.3. The molecule has 2 aromatic carbocycles. The van der Waals surface area contributed by atoms with E-state index in [0.717, 1.165) is 52.1 Å². The summed E-state index contributed by atoms with van der Waals surface area (Å²) in [5, 5.41) is 4.65. The first kappa shape index (κ1) is 25.8. The average Bonchev–Trinajstić information content (AvgIpc) is 3.22. The van der Waals surface area contributed by atoms with Crippen molar-refractivity contribution in [3.8, 4) is 0 Å². The molecule has 4 aromatic rings. The van der Waals surface area contributed by atoms with Gasteiger partial charge in [0.25, 0.3) is 0 Å². The number of amides is 1. The number of benzene rings is 2. The zero-order chi connectivity index (χ0) is 25.9. The third kappa shape index (κ3) is 5.70. The number of nitrogens with one attached hydrogen (secondary N) is 1. The van der Waals surface area contributed by atoms with Gasteiger partial charge in [0.05, 0.1) is 10.5 Å². The minimum atomic E-state index is -0.422. The molecule has 0 unspecified atom stereocenters. The van der Waals surface area contributed by atoms with Gasteiger partial charge in [0.2, 0.25) is 0 Å². The van der Waals surface area contributed by atoms with Crippen LogP contribution in [0.3, 0.4) is 0 Å². The van der Waals surface area contributed by atoms with E-state index in [-0.39, 0.29) is 11.1 Å². The van der Waals surface area contributed by atoms with Gasteiger partial charge >= 0.3 is 6.03 Å². The van der Waals surface area contributed by atoms with Crippen molar-refractivity contribution in [2.75, 3.05) is 19.3 Å². The predicted molar refractivity (Wildman–Crippen MR) is 150 cm³/mol. The zero-order valence-corrected chi connectivity index (χ0v) is 22.5. The number of pyridine rings is 1. The van der Waals surface area contributed by atoms with Crippen molar-refractivity contribution in [3.63, 3.8) is 0 Å². The first-order valence-electron chi connectivity index (χ1n) is 11.9. The van der Waals surface area contributed by atoms with Crippen LogP contribution in [0, 0.1) is 5.82 Å². The zero-order valence-electron chi connectivity index (χ0n) is 20.2. The molecule has 1 N–H and O–H groups in total. The fourth-order valence-corrected chi connectivity index (χ4v) is 5.43. The Kier molecular flexibility index (Phi) is 7.86. The third-order valence-corrected chi connectivity index (χ3v) is 7.73. The van der Waals surface area contributed by atoms with E-state index in [1.807, 2.05) is 35.1 Å². The Bertz CT molecular complexity index is 1500. The molecule has 190 valence electrons. The van der Waals surface area contributed by atoms with Gasteiger partial charge in [0, 0.05) is 54.8 Å². The second-order valence-corrected chi connectivity index (χ2v) is 10.5. The summed E-state index contributed by atoms with van der Waals surface area (Å²) < 4.78 is 15.6. The number of carbonyl (C=O) groups excluding carboxylic acids is 1. The number of carbonyl (C=O) groups is 1. The predicted octanol–water partition coefficient (Wildman–Crippen LogP) is 7.03. The fraction of sp³-hybridized carbons (Fsp3) is 0.214. The van der Waals surface area contributed by atoms with Crippen molar-refractivity contribution in [2.45, 2.75) is 24.4 Å². The monoisotopic (exact) mass is 554 g/mol. The lowest BCUT2D eigenvalue weighted by atomic mass is 10.0. The quantitative estimate of drug-likeness (QED) is 0.205. The van der Waals surface area contributed by atoms with Crippen molar-refractivity contribution in [2.24, 2.45) is 0 Å². The van der Waals surface area contributed by atoms with Crippen LogP contribution >= 0.6 is 35.0 Å². The number of nitrogens with zero attached hydrogens (tertiary/aromatic N) is 3. The van der Waals surface area contributed by atoms with Gasteiger partial charge in [-0.05, 0) is 65.4 Å². The van der Waals surface area contributed by atoms with Gasteiger partial charge in [-0.25, -0.2) is 14.2 Å². The SMILES string of the molecule is CSc1ccc2c(c1)c1c(n2C(=O)NCc2ccnc(Cl)c2)CCN(C/C=C/c2ccc(Cl)c(F)c2)C1. The van der Waals surface area contributed by atoms with E-state index >= 15 is 0 Å². The van der Waals surface area contributed by atoms with Gasteiger partial charge in [-0.3, -0.25) is 9.47 Å². The van der Waals surface area contributed by atoms with Crippen LogP contribution in [0.25, 0.3) is 17.0 Å². The van der Waals surface area contributed by atoms with Crippen LogP contribution in [0.1, 0.15) is 22.4 Å². The Labute approximate surface area is 229 Å². The summed E-state index contributed by atoms with van der Waals surface area (Å²) >= 11 is 13.5. The van der Waals surface area contributed by atoms with Crippen molar-refractivity contribution in [3.05, 3.63) is 99.2 Å². The molecule has 37 heavy (non-hydrogen) atoms. The van der Waals surface area contributed by atoms with E-state index in [2.05, 4.69) is 27.3 Å². The van der Waals surface area contributed by atoms with Crippen LogP contribution in [0.5, 0.6) is 0 Å². The maximum atomic E-state index is 13.8. The van der Waals surface area contributed by atoms with E-state index in [1.54, 1.807) is 36.2 Å². The normalized spacial score (nSPS) is 13.8. The molecule has 0 aliphatic carbocycles. The molecule has 5 nitrogen and oxygen atoms in total. The number of halogens is 3. The smallest absolute Gasteiger partial charge is 0.326 e. The van der Waals surface area contributed by atoms with Gasteiger partial charge in [0.15, 0.2) is 0 Å². The molecule has 1 amide bonds. The molecule has 0 saturated carbocycles. The molecule has 0 saturated heterocycles. The van der Waals surface area contributed by atoms with Crippen LogP contribution in [0.2, 0.25) is 10.2 Å². The van der Waals surface area contributed by atoms with Crippen molar-refractivity contribution in [1.29, 1.82) is 0 Å². The number of aromatic nitrogens is 2. The van der Waals surface area contributed by atoms with E-state index in [4.69, 9.17) is 23.2 Å². The Morgan fingerprint density at radius 1 is 1.19 bits per heavy atom. The summed E-state index contributed by atoms with van der Waals surface area (Å²) in [5.41, 5.74) is 4.78. The van der Waals surface area contributed by atoms with Crippen molar-refractivity contribution in [1.82, 2.24) is 19.8 Å². The molecule has 0 bridgehead atoms. The molecular weight excluding hydrogens is 530 g/mol. The topological polar surface area (TPSA) is 50.2 Å². The minimum Gasteiger partial charge on any atom is -0.333 e. The molecule has 5 rings (SSSR count). The van der Waals surface area contributed by atoms with Crippen LogP contribution in [0.4, 0.5) is 9.18 Å². The van der Waals surface area contributed by atoms with E-state index in [1.165, 1.54) is 11.6 Å². The highest BCUT2D eigenvalue weighted by Crippen LogP contribution is 2.33. The summed E-state index contributed by atoms with van der Waals surface area (Å²) in [7, 11) is 0. The molecule has 2 aromatic heterocycles. The fourth-order valence-electron chi connectivity index (χ4n) is 4.67. The standard InChI is InChI=1S/C28H25Cl2FN4OS/c1-37-20-5-7-25-21(15-20)22-17-34(11-2-3-18-4-6-23(29)24(31)13-18)12-9-26(22)35(25)28(36)33-16-19-8-10-32-27(30)14-19/h2-8,10,13-15H,9,11-12,16-17H2,1H3,(H,33,36)/b3-2+. The number of rotatable bonds is 6. The van der Waals surface area contributed by atoms with Crippen LogP contribution in [0.15, 0.2) is 65.7 Å². The molecule has 0 atom stereocenters. The Hall–Kier alpha value is -2.84. The lowest BCUT2D eigenvalue weighted by Crippen LogP contribution is -2.34. The van der Waals surface area contributed by atoms with Crippen LogP contribution in [-0.2, 0) is 19.5 Å². The highest BCUT2D eigenvalue weighted by atomic mass is 35.5. The molecule has 0 spiro atoms. The first-order chi connectivity index (χ1) is 17.9. The van der Waals surface area contributed by atoms with Gasteiger partial charge in [-0.15, -0.1) is 11.8 Å². The van der Waals surface area contributed by atoms with Crippen LogP contribution < -0.4 is 5.32 Å². The number of fused-ring (bicyclic) bond motifs is 3. The summed E-state index contributed by atoms with van der Waals surface area (Å²) in [4.78, 5) is 20.9. The van der Waals surface area contributed by atoms with Gasteiger partial charge in [0.1, 0.15) is 11.0 Å². The highest BCUT2D eigenvalue weighted by molar-refractivity contribution is 7.98. The first-order valence-corrected chi connectivity index (χ1v) is 13.8. The Morgan fingerprint density at radius 3 is 2.84 bits per heavy atom.